The van der Waals surface area contributed by atoms with E-state index in [1.54, 1.807) is 0 Å². The number of amides is 1. The van der Waals surface area contributed by atoms with Gasteiger partial charge in [-0.2, -0.15) is 0 Å². The summed E-state index contributed by atoms with van der Waals surface area (Å²) in [5.41, 5.74) is 4.04. The van der Waals surface area contributed by atoms with Gasteiger partial charge in [-0.3, -0.25) is 4.79 Å². The SMILES string of the molecule is Cc1cc(NC2CCOCC2)c2[nH]c(C(=O)N3CCCC3)cc2c1. The van der Waals surface area contributed by atoms with Gasteiger partial charge in [-0.05, 0) is 56.4 Å². The standard InChI is InChI=1S/C19H25N3O2/c1-13-10-14-12-17(19(23)22-6-2-3-7-22)21-18(14)16(11-13)20-15-4-8-24-9-5-15/h10-12,15,20-21H,2-9H2,1H3. The van der Waals surface area contributed by atoms with Gasteiger partial charge in [-0.15, -0.1) is 0 Å². The number of aromatic nitrogens is 1. The maximum absolute atomic E-state index is 12.7. The predicted octanol–water partition coefficient (Wildman–Crippen LogP) is 3.30. The predicted molar refractivity (Wildman–Crippen MR) is 95.6 cm³/mol. The number of benzene rings is 1. The number of nitrogens with one attached hydrogen (secondary N) is 2. The molecule has 0 bridgehead atoms. The van der Waals surface area contributed by atoms with Crippen molar-refractivity contribution in [1.29, 1.82) is 0 Å². The van der Waals surface area contributed by atoms with Crippen LogP contribution < -0.4 is 5.32 Å². The Labute approximate surface area is 142 Å². The largest absolute Gasteiger partial charge is 0.381 e. The monoisotopic (exact) mass is 327 g/mol. The average Bonchev–Trinajstić information content (AvgIpc) is 3.24. The van der Waals surface area contributed by atoms with E-state index >= 15 is 0 Å². The first-order valence-corrected chi connectivity index (χ1v) is 8.97. The highest BCUT2D eigenvalue weighted by Gasteiger charge is 2.22. The molecule has 0 atom stereocenters. The zero-order valence-electron chi connectivity index (χ0n) is 14.2. The summed E-state index contributed by atoms with van der Waals surface area (Å²) in [6.45, 7) is 5.48. The van der Waals surface area contributed by atoms with Crippen LogP contribution >= 0.6 is 0 Å². The molecule has 0 saturated carbocycles. The van der Waals surface area contributed by atoms with Crippen molar-refractivity contribution < 1.29 is 9.53 Å². The van der Waals surface area contributed by atoms with E-state index in [1.807, 2.05) is 11.0 Å². The van der Waals surface area contributed by atoms with Gasteiger partial charge in [0.15, 0.2) is 0 Å². The molecule has 5 nitrogen and oxygen atoms in total. The van der Waals surface area contributed by atoms with Gasteiger partial charge in [-0.25, -0.2) is 0 Å². The van der Waals surface area contributed by atoms with Crippen molar-refractivity contribution in [3.8, 4) is 0 Å². The summed E-state index contributed by atoms with van der Waals surface area (Å²) in [5, 5.41) is 4.75. The van der Waals surface area contributed by atoms with E-state index in [9.17, 15) is 4.79 Å². The molecule has 2 aliphatic heterocycles. The molecule has 2 aromatic rings. The highest BCUT2D eigenvalue weighted by Crippen LogP contribution is 2.28. The zero-order valence-corrected chi connectivity index (χ0v) is 14.2. The summed E-state index contributed by atoms with van der Waals surface area (Å²) in [6.07, 6.45) is 4.27. The van der Waals surface area contributed by atoms with Crippen LogP contribution in [0.4, 0.5) is 5.69 Å². The Morgan fingerprint density at radius 3 is 2.71 bits per heavy atom. The Morgan fingerprint density at radius 2 is 1.96 bits per heavy atom. The Hall–Kier alpha value is -2.01. The third-order valence-electron chi connectivity index (χ3n) is 5.08. The van der Waals surface area contributed by atoms with Gasteiger partial charge < -0.3 is 19.9 Å². The second-order valence-corrected chi connectivity index (χ2v) is 6.99. The van der Waals surface area contributed by atoms with Crippen molar-refractivity contribution in [2.75, 3.05) is 31.6 Å². The van der Waals surface area contributed by atoms with E-state index in [2.05, 4.69) is 29.4 Å². The number of H-pyrrole nitrogens is 1. The Bertz CT molecular complexity index is 740. The van der Waals surface area contributed by atoms with Crippen LogP contribution in [0.2, 0.25) is 0 Å². The van der Waals surface area contributed by atoms with Gasteiger partial charge >= 0.3 is 0 Å². The lowest BCUT2D eigenvalue weighted by Gasteiger charge is -2.24. The number of aromatic amines is 1. The number of hydrogen-bond acceptors (Lipinski definition) is 3. The van der Waals surface area contributed by atoms with Crippen molar-refractivity contribution in [3.63, 3.8) is 0 Å². The van der Waals surface area contributed by atoms with Crippen molar-refractivity contribution in [2.45, 2.75) is 38.6 Å². The van der Waals surface area contributed by atoms with Gasteiger partial charge in [0.1, 0.15) is 5.69 Å². The lowest BCUT2D eigenvalue weighted by Crippen LogP contribution is -2.28. The number of ether oxygens (including phenoxy) is 1. The molecule has 2 fully saturated rings. The molecule has 5 heteroatoms. The van der Waals surface area contributed by atoms with Crippen molar-refractivity contribution in [1.82, 2.24) is 9.88 Å². The van der Waals surface area contributed by atoms with E-state index < -0.39 is 0 Å². The topological polar surface area (TPSA) is 57.4 Å². The Morgan fingerprint density at radius 1 is 1.21 bits per heavy atom. The van der Waals surface area contributed by atoms with Crippen molar-refractivity contribution in [2.24, 2.45) is 0 Å². The molecular formula is C19H25N3O2. The van der Waals surface area contributed by atoms with E-state index in [0.29, 0.717) is 11.7 Å². The van der Waals surface area contributed by atoms with E-state index in [0.717, 1.165) is 68.6 Å². The summed E-state index contributed by atoms with van der Waals surface area (Å²) in [5.74, 6) is 0.123. The molecule has 3 heterocycles. The molecule has 0 aliphatic carbocycles. The number of anilines is 1. The van der Waals surface area contributed by atoms with Crippen molar-refractivity contribution >= 4 is 22.5 Å². The smallest absolute Gasteiger partial charge is 0.270 e. The van der Waals surface area contributed by atoms with Crippen LogP contribution in [-0.2, 0) is 4.74 Å². The van der Waals surface area contributed by atoms with Crippen LogP contribution in [0.5, 0.6) is 0 Å². The van der Waals surface area contributed by atoms with Crippen molar-refractivity contribution in [3.05, 3.63) is 29.5 Å². The number of rotatable bonds is 3. The number of likely N-dealkylation sites (tertiary alicyclic amines) is 1. The molecule has 1 aromatic carbocycles. The summed E-state index contributed by atoms with van der Waals surface area (Å²) >= 11 is 0. The molecule has 1 aromatic heterocycles. The van der Waals surface area contributed by atoms with Gasteiger partial charge in [-0.1, -0.05) is 0 Å². The number of carbonyl (C=O) groups excluding carboxylic acids is 1. The quantitative estimate of drug-likeness (QED) is 0.909. The molecule has 2 aliphatic rings. The third-order valence-corrected chi connectivity index (χ3v) is 5.08. The number of aryl methyl sites for hydroxylation is 1. The summed E-state index contributed by atoms with van der Waals surface area (Å²) in [6, 6.07) is 6.74. The number of carbonyl (C=O) groups is 1. The zero-order chi connectivity index (χ0) is 16.5. The van der Waals surface area contributed by atoms with Gasteiger partial charge in [0.25, 0.3) is 5.91 Å². The van der Waals surface area contributed by atoms with Crippen LogP contribution in [0.15, 0.2) is 18.2 Å². The maximum atomic E-state index is 12.7. The van der Waals surface area contributed by atoms with Crippen LogP contribution in [0.1, 0.15) is 41.7 Å². The fraction of sp³-hybridized carbons (Fsp3) is 0.526. The molecule has 0 radical (unpaired) electrons. The van der Waals surface area contributed by atoms with Crippen LogP contribution in [0, 0.1) is 6.92 Å². The molecule has 2 saturated heterocycles. The average molecular weight is 327 g/mol. The second-order valence-electron chi connectivity index (χ2n) is 6.99. The molecule has 2 N–H and O–H groups in total. The minimum absolute atomic E-state index is 0.123. The first-order valence-electron chi connectivity index (χ1n) is 8.97. The Balaban J connectivity index is 1.64. The second kappa shape index (κ2) is 6.48. The summed E-state index contributed by atoms with van der Waals surface area (Å²) in [4.78, 5) is 18.0. The molecule has 4 rings (SSSR count). The van der Waals surface area contributed by atoms with Crippen LogP contribution in [0.3, 0.4) is 0 Å². The lowest BCUT2D eigenvalue weighted by atomic mass is 10.1. The lowest BCUT2D eigenvalue weighted by molar-refractivity contribution is 0.0788. The highest BCUT2D eigenvalue weighted by atomic mass is 16.5. The van der Waals surface area contributed by atoms with E-state index in [1.165, 1.54) is 5.56 Å². The van der Waals surface area contributed by atoms with E-state index in [-0.39, 0.29) is 5.91 Å². The fourth-order valence-corrected chi connectivity index (χ4v) is 3.78. The minimum atomic E-state index is 0.123. The van der Waals surface area contributed by atoms with Crippen LogP contribution in [0.25, 0.3) is 10.9 Å². The molecule has 1 amide bonds. The van der Waals surface area contributed by atoms with Gasteiger partial charge in [0.2, 0.25) is 0 Å². The fourth-order valence-electron chi connectivity index (χ4n) is 3.78. The normalized spacial score (nSPS) is 19.1. The molecule has 0 spiro atoms. The first-order chi connectivity index (χ1) is 11.7. The molecule has 128 valence electrons. The number of hydrogen-bond donors (Lipinski definition) is 2. The molecule has 0 unspecified atom stereocenters. The van der Waals surface area contributed by atoms with Crippen LogP contribution in [-0.4, -0.2) is 48.1 Å². The molecular weight excluding hydrogens is 302 g/mol. The van der Waals surface area contributed by atoms with Gasteiger partial charge in [0, 0.05) is 37.7 Å². The van der Waals surface area contributed by atoms with Gasteiger partial charge in [0.05, 0.1) is 11.2 Å². The summed E-state index contributed by atoms with van der Waals surface area (Å²) in [7, 11) is 0. The number of nitrogens with zero attached hydrogens (tertiary/aromatic N) is 1. The minimum Gasteiger partial charge on any atom is -0.381 e. The van der Waals surface area contributed by atoms with E-state index in [4.69, 9.17) is 4.74 Å². The molecule has 24 heavy (non-hydrogen) atoms. The third kappa shape index (κ3) is 3.00. The number of fused-ring (bicyclic) bond motifs is 1. The Kier molecular flexibility index (Phi) is 4.19. The maximum Gasteiger partial charge on any atom is 0.270 e. The first kappa shape index (κ1) is 15.5. The highest BCUT2D eigenvalue weighted by molar-refractivity contribution is 6.01. The summed E-state index contributed by atoms with van der Waals surface area (Å²) < 4.78 is 5.44.